The Bertz CT molecular complexity index is 2650. The molecule has 0 bridgehead atoms. The van der Waals surface area contributed by atoms with Crippen LogP contribution in [0.15, 0.2) is 91.0 Å². The number of fused-ring (bicyclic) bond motifs is 8. The third-order valence-corrected chi connectivity index (χ3v) is 13.1. The molecule has 0 N–H and O–H groups in total. The molecular formula is C49H49N5O6SY. The summed E-state index contributed by atoms with van der Waals surface area (Å²) in [7, 11) is 7.29. The normalized spacial score (nSPS) is 18.2. The molecule has 3 amide bonds. The molecule has 0 saturated carbocycles. The third-order valence-electron chi connectivity index (χ3n) is 12.6. The molecule has 1 unspecified atom stereocenters. The Labute approximate surface area is 392 Å². The summed E-state index contributed by atoms with van der Waals surface area (Å²) in [5, 5.41) is 0. The number of amides is 3. The molecule has 4 aliphatic heterocycles. The molecule has 0 saturated heterocycles. The maximum atomic E-state index is 14.2. The van der Waals surface area contributed by atoms with Gasteiger partial charge in [0.15, 0.2) is 5.75 Å². The quantitative estimate of drug-likeness (QED) is 0.104. The standard InChI is InChI=1S/C49H49N5O6S.Y/c1-29-16-37-43(51(4)30(2)41-21-34-13-9-11-15-40(34)54(41)49(37)57)24-44(29)59-26-31-17-32(19-35(18-31)52(5)47(55)28-61-7)27-60-46-23-42-38(22-45(46)58-6)48(56)53-36(25-50(42)3)20-33-12-8-10-14-39(33)53;/h8-19,22-24,30,36,41H,20-21,26-28H2,1-7H3;/t30?,36-,41-;/m0./s1. The molecule has 5 aromatic carbocycles. The summed E-state index contributed by atoms with van der Waals surface area (Å²) in [5.41, 5.74) is 10.1. The minimum Gasteiger partial charge on any atom is -0.493 e. The Hall–Kier alpha value is -5.17. The van der Waals surface area contributed by atoms with Crippen LogP contribution in [-0.4, -0.2) is 86.9 Å². The Morgan fingerprint density at radius 1 is 0.823 bits per heavy atom. The summed E-state index contributed by atoms with van der Waals surface area (Å²) in [6.45, 7) is 4.50. The van der Waals surface area contributed by atoms with E-state index >= 15 is 0 Å². The van der Waals surface area contributed by atoms with Gasteiger partial charge < -0.3 is 38.4 Å². The van der Waals surface area contributed by atoms with Crippen LogP contribution in [0.3, 0.4) is 0 Å². The van der Waals surface area contributed by atoms with Crippen LogP contribution in [0.2, 0.25) is 0 Å². The van der Waals surface area contributed by atoms with E-state index in [2.05, 4.69) is 30.2 Å². The fraction of sp³-hybridized carbons (Fsp3) is 0.306. The number of anilines is 4. The van der Waals surface area contributed by atoms with Gasteiger partial charge in [-0.3, -0.25) is 14.4 Å². The number of para-hydroxylation sites is 2. The first-order valence-electron chi connectivity index (χ1n) is 20.5. The minimum atomic E-state index is -0.232. The van der Waals surface area contributed by atoms with Gasteiger partial charge in [-0.25, -0.2) is 0 Å². The van der Waals surface area contributed by atoms with Crippen LogP contribution < -0.4 is 33.8 Å². The van der Waals surface area contributed by atoms with Gasteiger partial charge in [-0.2, -0.15) is 11.8 Å². The van der Waals surface area contributed by atoms with E-state index < -0.39 is 0 Å². The van der Waals surface area contributed by atoms with Crippen molar-refractivity contribution in [2.75, 3.05) is 59.9 Å². The second-order valence-corrected chi connectivity index (χ2v) is 17.1. The average molecular weight is 925 g/mol. The van der Waals surface area contributed by atoms with Gasteiger partial charge in [0, 0.05) is 93.8 Å². The second kappa shape index (κ2) is 17.5. The molecular weight excluding hydrogens is 876 g/mol. The summed E-state index contributed by atoms with van der Waals surface area (Å²) in [4.78, 5) is 49.2. The van der Waals surface area contributed by atoms with Gasteiger partial charge in [-0.15, -0.1) is 0 Å². The minimum absolute atomic E-state index is 0. The Morgan fingerprint density at radius 3 is 2.13 bits per heavy atom. The maximum absolute atomic E-state index is 14.2. The van der Waals surface area contributed by atoms with Crippen LogP contribution in [0.5, 0.6) is 17.2 Å². The van der Waals surface area contributed by atoms with Crippen molar-refractivity contribution in [3.63, 3.8) is 0 Å². The Morgan fingerprint density at radius 2 is 1.45 bits per heavy atom. The molecule has 315 valence electrons. The number of hydrogen-bond acceptors (Lipinski definition) is 8. The van der Waals surface area contributed by atoms with E-state index in [1.54, 1.807) is 25.1 Å². The number of carbonyl (C=O) groups excluding carboxylic acids is 3. The zero-order valence-corrected chi connectivity index (χ0v) is 39.8. The van der Waals surface area contributed by atoms with Crippen molar-refractivity contribution in [3.05, 3.63) is 130 Å². The molecule has 13 heteroatoms. The molecule has 1 radical (unpaired) electrons. The van der Waals surface area contributed by atoms with E-state index in [4.69, 9.17) is 14.2 Å². The fourth-order valence-corrected chi connectivity index (χ4v) is 9.63. The number of thioether (sulfide) groups is 1. The van der Waals surface area contributed by atoms with Crippen molar-refractivity contribution in [2.24, 2.45) is 0 Å². The number of carbonyl (C=O) groups is 3. The molecule has 9 rings (SSSR count). The second-order valence-electron chi connectivity index (χ2n) is 16.3. The fourth-order valence-electron chi connectivity index (χ4n) is 9.19. The van der Waals surface area contributed by atoms with Crippen molar-refractivity contribution in [1.82, 2.24) is 0 Å². The number of hydrogen-bond donors (Lipinski definition) is 0. The molecule has 0 aromatic heterocycles. The summed E-state index contributed by atoms with van der Waals surface area (Å²) < 4.78 is 20.8. The molecule has 5 aromatic rings. The van der Waals surface area contributed by atoms with Crippen molar-refractivity contribution < 1.29 is 65.9 Å². The number of rotatable bonds is 10. The number of likely N-dealkylation sites (N-methyl/N-ethyl adjacent to an activating group) is 1. The molecule has 62 heavy (non-hydrogen) atoms. The summed E-state index contributed by atoms with van der Waals surface area (Å²) >= 11 is 1.47. The van der Waals surface area contributed by atoms with E-state index in [0.717, 1.165) is 45.7 Å². The maximum Gasteiger partial charge on any atom is 0.260 e. The average Bonchev–Trinajstić information content (AvgIpc) is 3.80. The van der Waals surface area contributed by atoms with Gasteiger partial charge in [0.2, 0.25) is 11.8 Å². The van der Waals surface area contributed by atoms with E-state index in [-0.39, 0.29) is 81.8 Å². The monoisotopic (exact) mass is 924 g/mol. The van der Waals surface area contributed by atoms with Crippen molar-refractivity contribution in [2.45, 2.75) is 58.0 Å². The van der Waals surface area contributed by atoms with Crippen molar-refractivity contribution in [1.29, 1.82) is 0 Å². The van der Waals surface area contributed by atoms with Gasteiger partial charge in [-0.05, 0) is 109 Å². The van der Waals surface area contributed by atoms with Crippen molar-refractivity contribution >= 4 is 64.1 Å². The predicted molar refractivity (Wildman–Crippen MR) is 241 cm³/mol. The topological polar surface area (TPSA) is 94.9 Å². The van der Waals surface area contributed by atoms with Gasteiger partial charge in [0.05, 0.1) is 35.8 Å². The van der Waals surface area contributed by atoms with Crippen LogP contribution in [0.25, 0.3) is 0 Å². The van der Waals surface area contributed by atoms with E-state index in [0.29, 0.717) is 51.9 Å². The van der Waals surface area contributed by atoms with Crippen LogP contribution in [0.1, 0.15) is 55.5 Å². The molecule has 0 aliphatic carbocycles. The summed E-state index contributed by atoms with van der Waals surface area (Å²) in [5.74, 6) is 1.76. The number of ether oxygens (including phenoxy) is 3. The number of aryl methyl sites for hydroxylation is 1. The first kappa shape index (κ1) is 43.5. The Kier molecular flexibility index (Phi) is 12.3. The predicted octanol–water partition coefficient (Wildman–Crippen LogP) is 7.70. The number of methoxy groups -OCH3 is 1. The zero-order valence-electron chi connectivity index (χ0n) is 36.1. The van der Waals surface area contributed by atoms with Gasteiger partial charge >= 0.3 is 0 Å². The smallest absolute Gasteiger partial charge is 0.260 e. The third kappa shape index (κ3) is 7.68. The first-order chi connectivity index (χ1) is 29.4. The molecule has 11 nitrogen and oxygen atoms in total. The van der Waals surface area contributed by atoms with Crippen LogP contribution in [0, 0.1) is 6.92 Å². The SMILES string of the molecule is COc1cc2c(cc1OCc1cc(COc3cc4c(cc3C)C(=O)N3c5ccccc5C[C@H]3C(C)N4C)cc(N(C)C(=O)CSC)c1)[N+](C)=[C-][C@@H]1Cc3ccccc3N1C2=O.[Y]. The van der Waals surface area contributed by atoms with E-state index in [1.807, 2.05) is 114 Å². The summed E-state index contributed by atoms with van der Waals surface area (Å²) in [6, 6.07) is 29.4. The van der Waals surface area contributed by atoms with Gasteiger partial charge in [0.25, 0.3) is 5.91 Å². The van der Waals surface area contributed by atoms with Crippen LogP contribution in [0.4, 0.5) is 28.4 Å². The van der Waals surface area contributed by atoms with E-state index in [9.17, 15) is 14.4 Å². The summed E-state index contributed by atoms with van der Waals surface area (Å²) in [6.07, 6.45) is 6.90. The largest absolute Gasteiger partial charge is 0.493 e. The number of benzene rings is 5. The number of nitrogens with zero attached hydrogens (tertiary/aromatic N) is 5. The van der Waals surface area contributed by atoms with Crippen LogP contribution >= 0.6 is 11.8 Å². The zero-order chi connectivity index (χ0) is 42.7. The molecule has 3 atom stereocenters. The molecule has 0 spiro atoms. The first-order valence-corrected chi connectivity index (χ1v) is 21.9. The molecule has 0 fully saturated rings. The molecule has 4 aliphatic rings. The van der Waals surface area contributed by atoms with Crippen LogP contribution in [-0.2, 0) is 63.6 Å². The molecule has 4 heterocycles. The van der Waals surface area contributed by atoms with Crippen molar-refractivity contribution in [3.8, 4) is 17.2 Å². The Balaban J connectivity index is 0.00000529. The van der Waals surface area contributed by atoms with Gasteiger partial charge in [0.1, 0.15) is 31.8 Å². The van der Waals surface area contributed by atoms with E-state index in [1.165, 1.54) is 17.3 Å². The van der Waals surface area contributed by atoms with Gasteiger partial charge in [-0.1, -0.05) is 36.4 Å².